The Morgan fingerprint density at radius 3 is 2.55 bits per heavy atom. The van der Waals surface area contributed by atoms with Gasteiger partial charge in [-0.1, -0.05) is 18.9 Å². The van der Waals surface area contributed by atoms with E-state index in [2.05, 4.69) is 16.0 Å². The zero-order chi connectivity index (χ0) is 24.0. The maximum Gasteiger partial charge on any atom is 0.251 e. The molecule has 9 nitrogen and oxygen atoms in total. The van der Waals surface area contributed by atoms with Crippen LogP contribution in [0, 0.1) is 12.8 Å². The lowest BCUT2D eigenvalue weighted by Gasteiger charge is -2.34. The van der Waals surface area contributed by atoms with Crippen molar-refractivity contribution in [3.05, 3.63) is 29.3 Å². The van der Waals surface area contributed by atoms with Crippen LogP contribution in [0.1, 0.15) is 61.4 Å². The molecule has 1 aliphatic heterocycles. The highest BCUT2D eigenvalue weighted by Gasteiger charge is 2.36. The molecule has 1 saturated heterocycles. The molecule has 1 aromatic carbocycles. The number of rotatable bonds is 7. The molecule has 0 bridgehead atoms. The summed E-state index contributed by atoms with van der Waals surface area (Å²) in [4.78, 5) is 50.8. The first-order chi connectivity index (χ1) is 15.8. The fourth-order valence-corrected chi connectivity index (χ4v) is 4.67. The molecule has 3 unspecified atom stereocenters. The molecule has 3 atom stereocenters. The van der Waals surface area contributed by atoms with Crippen LogP contribution in [0.15, 0.2) is 18.2 Å². The van der Waals surface area contributed by atoms with Crippen LogP contribution in [-0.4, -0.2) is 60.2 Å². The first-order valence-electron chi connectivity index (χ1n) is 11.7. The summed E-state index contributed by atoms with van der Waals surface area (Å²) in [5.74, 6) is -0.725. The molecule has 2 aliphatic rings. The van der Waals surface area contributed by atoms with Gasteiger partial charge in [-0.15, -0.1) is 0 Å². The molecule has 5 N–H and O–H groups in total. The summed E-state index contributed by atoms with van der Waals surface area (Å²) in [6.07, 6.45) is 5.19. The van der Waals surface area contributed by atoms with Gasteiger partial charge in [0.1, 0.15) is 6.04 Å². The number of amides is 4. The van der Waals surface area contributed by atoms with Crippen LogP contribution in [0.5, 0.6) is 0 Å². The molecule has 180 valence electrons. The summed E-state index contributed by atoms with van der Waals surface area (Å²) in [6, 6.07) is 4.70. The Bertz CT molecular complexity index is 903. The maximum absolute atomic E-state index is 13.0. The second-order valence-corrected chi connectivity index (χ2v) is 9.10. The van der Waals surface area contributed by atoms with Gasteiger partial charge in [0.15, 0.2) is 0 Å². The van der Waals surface area contributed by atoms with Crippen molar-refractivity contribution in [3.63, 3.8) is 0 Å². The minimum atomic E-state index is -0.515. The van der Waals surface area contributed by atoms with Gasteiger partial charge < -0.3 is 26.6 Å². The Balaban J connectivity index is 1.56. The highest BCUT2D eigenvalue weighted by Crippen LogP contribution is 2.25. The number of hydrogen-bond donors (Lipinski definition) is 4. The fourth-order valence-electron chi connectivity index (χ4n) is 4.67. The number of likely N-dealkylation sites (tertiary alicyclic amines) is 1. The van der Waals surface area contributed by atoms with Gasteiger partial charge in [-0.3, -0.25) is 19.2 Å². The molecule has 33 heavy (non-hydrogen) atoms. The quantitative estimate of drug-likeness (QED) is 0.455. The van der Waals surface area contributed by atoms with Crippen molar-refractivity contribution < 1.29 is 19.2 Å². The van der Waals surface area contributed by atoms with Crippen LogP contribution < -0.4 is 21.7 Å². The van der Waals surface area contributed by atoms with E-state index in [0.717, 1.165) is 37.7 Å². The smallest absolute Gasteiger partial charge is 0.251 e. The predicted molar refractivity (Wildman–Crippen MR) is 125 cm³/mol. The number of benzene rings is 1. The average molecular weight is 458 g/mol. The summed E-state index contributed by atoms with van der Waals surface area (Å²) in [7, 11) is 0. The minimum Gasteiger partial charge on any atom is -0.398 e. The SMILES string of the molecule is CC(=O)NCC(=O)N1CCCC1C(=O)NC1CCCCC1CNC(=O)c1ccc(C)c(N)c1. The second-order valence-electron chi connectivity index (χ2n) is 9.10. The number of nitrogens with two attached hydrogens (primary N) is 1. The summed E-state index contributed by atoms with van der Waals surface area (Å²) >= 11 is 0. The van der Waals surface area contributed by atoms with Crippen molar-refractivity contribution in [1.82, 2.24) is 20.9 Å². The van der Waals surface area contributed by atoms with Gasteiger partial charge in [0.25, 0.3) is 5.91 Å². The molecule has 2 fully saturated rings. The van der Waals surface area contributed by atoms with E-state index >= 15 is 0 Å². The highest BCUT2D eigenvalue weighted by atomic mass is 16.2. The number of nitrogens with zero attached hydrogens (tertiary/aromatic N) is 1. The van der Waals surface area contributed by atoms with Crippen LogP contribution in [0.25, 0.3) is 0 Å². The van der Waals surface area contributed by atoms with Crippen LogP contribution in [0.4, 0.5) is 5.69 Å². The molecular weight excluding hydrogens is 422 g/mol. The fraction of sp³-hybridized carbons (Fsp3) is 0.583. The first kappa shape index (κ1) is 24.5. The monoisotopic (exact) mass is 457 g/mol. The predicted octanol–water partition coefficient (Wildman–Crippen LogP) is 1.11. The summed E-state index contributed by atoms with van der Waals surface area (Å²) in [5, 5.41) is 8.65. The first-order valence-corrected chi connectivity index (χ1v) is 11.7. The molecule has 1 heterocycles. The number of carbonyl (C=O) groups is 4. The zero-order valence-electron chi connectivity index (χ0n) is 19.5. The Morgan fingerprint density at radius 1 is 1.06 bits per heavy atom. The number of carbonyl (C=O) groups excluding carboxylic acids is 4. The van der Waals surface area contributed by atoms with Gasteiger partial charge in [0.2, 0.25) is 17.7 Å². The summed E-state index contributed by atoms with van der Waals surface area (Å²) in [5.41, 5.74) is 7.96. The zero-order valence-corrected chi connectivity index (χ0v) is 19.5. The van der Waals surface area contributed by atoms with Gasteiger partial charge in [0.05, 0.1) is 6.54 Å². The van der Waals surface area contributed by atoms with E-state index in [0.29, 0.717) is 30.8 Å². The van der Waals surface area contributed by atoms with E-state index in [1.807, 2.05) is 13.0 Å². The third-order valence-corrected chi connectivity index (χ3v) is 6.67. The van der Waals surface area contributed by atoms with E-state index in [-0.39, 0.29) is 42.1 Å². The van der Waals surface area contributed by atoms with E-state index in [1.165, 1.54) is 6.92 Å². The molecule has 3 rings (SSSR count). The topological polar surface area (TPSA) is 134 Å². The molecule has 1 aliphatic carbocycles. The molecule has 4 amide bonds. The van der Waals surface area contributed by atoms with Crippen molar-refractivity contribution in [2.75, 3.05) is 25.4 Å². The summed E-state index contributed by atoms with van der Waals surface area (Å²) < 4.78 is 0. The Hall–Kier alpha value is -3.10. The van der Waals surface area contributed by atoms with Crippen LogP contribution >= 0.6 is 0 Å². The normalized spacial score (nSPS) is 22.5. The largest absolute Gasteiger partial charge is 0.398 e. The van der Waals surface area contributed by atoms with Crippen LogP contribution in [0.2, 0.25) is 0 Å². The van der Waals surface area contributed by atoms with Gasteiger partial charge in [0, 0.05) is 37.3 Å². The van der Waals surface area contributed by atoms with Crippen molar-refractivity contribution in [2.24, 2.45) is 5.92 Å². The summed E-state index contributed by atoms with van der Waals surface area (Å²) in [6.45, 7) is 4.14. The second kappa shape index (κ2) is 11.2. The van der Waals surface area contributed by atoms with Crippen molar-refractivity contribution >= 4 is 29.3 Å². The van der Waals surface area contributed by atoms with Gasteiger partial charge in [-0.25, -0.2) is 0 Å². The lowest BCUT2D eigenvalue weighted by Crippen LogP contribution is -2.53. The molecule has 9 heteroatoms. The van der Waals surface area contributed by atoms with E-state index < -0.39 is 6.04 Å². The van der Waals surface area contributed by atoms with Gasteiger partial charge in [-0.2, -0.15) is 0 Å². The number of nitrogens with one attached hydrogen (secondary N) is 3. The lowest BCUT2D eigenvalue weighted by molar-refractivity contribution is -0.139. The Morgan fingerprint density at radius 2 is 1.82 bits per heavy atom. The van der Waals surface area contributed by atoms with E-state index in [9.17, 15) is 19.2 Å². The highest BCUT2D eigenvalue weighted by molar-refractivity contribution is 5.95. The Labute approximate surface area is 194 Å². The molecular formula is C24H35N5O4. The third kappa shape index (κ3) is 6.46. The number of aryl methyl sites for hydroxylation is 1. The molecule has 1 saturated carbocycles. The lowest BCUT2D eigenvalue weighted by atomic mass is 9.84. The minimum absolute atomic E-state index is 0.0532. The molecule has 1 aromatic rings. The number of nitrogen functional groups attached to an aromatic ring is 1. The standard InChI is InChI=1S/C24H35N5O4/c1-15-9-10-17(12-19(15)25)23(32)27-13-18-6-3-4-7-20(18)28-24(33)21-8-5-11-29(21)22(31)14-26-16(2)30/h9-10,12,18,20-21H,3-8,11,13-14,25H2,1-2H3,(H,26,30)(H,27,32)(H,28,33). The third-order valence-electron chi connectivity index (χ3n) is 6.67. The molecule has 0 aromatic heterocycles. The number of hydrogen-bond acceptors (Lipinski definition) is 5. The van der Waals surface area contributed by atoms with Crippen molar-refractivity contribution in [1.29, 1.82) is 0 Å². The van der Waals surface area contributed by atoms with Gasteiger partial charge >= 0.3 is 0 Å². The maximum atomic E-state index is 13.0. The van der Waals surface area contributed by atoms with E-state index in [4.69, 9.17) is 5.73 Å². The van der Waals surface area contributed by atoms with Crippen LogP contribution in [-0.2, 0) is 14.4 Å². The molecule has 0 spiro atoms. The van der Waals surface area contributed by atoms with Crippen molar-refractivity contribution in [3.8, 4) is 0 Å². The van der Waals surface area contributed by atoms with Gasteiger partial charge in [-0.05, 0) is 56.2 Å². The number of anilines is 1. The van der Waals surface area contributed by atoms with Crippen molar-refractivity contribution in [2.45, 2.75) is 64.5 Å². The average Bonchev–Trinajstić information content (AvgIpc) is 3.28. The Kier molecular flexibility index (Phi) is 8.30. The van der Waals surface area contributed by atoms with E-state index in [1.54, 1.807) is 17.0 Å². The molecule has 0 radical (unpaired) electrons. The van der Waals surface area contributed by atoms with Crippen LogP contribution in [0.3, 0.4) is 0 Å².